The maximum atomic E-state index is 13.5. The zero-order chi connectivity index (χ0) is 22.8. The van der Waals surface area contributed by atoms with E-state index in [9.17, 15) is 9.59 Å². The van der Waals surface area contributed by atoms with Gasteiger partial charge in [0.1, 0.15) is 5.70 Å². The van der Waals surface area contributed by atoms with Crippen LogP contribution in [-0.2, 0) is 14.3 Å². The largest absolute Gasteiger partial charge is 0.379 e. The van der Waals surface area contributed by atoms with E-state index in [-0.39, 0.29) is 11.8 Å². The monoisotopic (exact) mass is 433 g/mol. The molecule has 2 aliphatic rings. The average Bonchev–Trinajstić information content (AvgIpc) is 3.02. The summed E-state index contributed by atoms with van der Waals surface area (Å²) in [4.78, 5) is 30.6. The van der Waals surface area contributed by atoms with Crippen molar-refractivity contribution in [2.45, 2.75) is 27.7 Å². The zero-order valence-electron chi connectivity index (χ0n) is 19.3. The Hall–Kier alpha value is -2.96. The van der Waals surface area contributed by atoms with Gasteiger partial charge in [-0.05, 0) is 61.6 Å². The number of imide groups is 1. The normalized spacial score (nSPS) is 17.4. The number of rotatable bonds is 6. The lowest BCUT2D eigenvalue weighted by atomic mass is 9.99. The number of anilines is 1. The Bertz CT molecular complexity index is 1080. The molecule has 0 unspecified atom stereocenters. The van der Waals surface area contributed by atoms with Crippen molar-refractivity contribution in [3.8, 4) is 0 Å². The summed E-state index contributed by atoms with van der Waals surface area (Å²) >= 11 is 0. The highest BCUT2D eigenvalue weighted by atomic mass is 16.5. The van der Waals surface area contributed by atoms with Crippen LogP contribution in [0.4, 0.5) is 5.69 Å². The van der Waals surface area contributed by atoms with Crippen molar-refractivity contribution < 1.29 is 14.3 Å². The van der Waals surface area contributed by atoms with Crippen molar-refractivity contribution in [3.63, 3.8) is 0 Å². The van der Waals surface area contributed by atoms with Crippen molar-refractivity contribution >= 4 is 23.1 Å². The molecule has 4 rings (SSSR count). The van der Waals surface area contributed by atoms with Gasteiger partial charge in [-0.1, -0.05) is 30.3 Å². The highest BCUT2D eigenvalue weighted by molar-refractivity contribution is 6.36. The standard InChI is InChI=1S/C26H31N3O3/c1-17-8-9-21(16-19(17)3)23-24(27-22-7-5-6-18(2)20(22)4)26(31)29(25(23)30)11-10-28-12-14-32-15-13-28/h5-9,16,27H,10-15H2,1-4H3. The van der Waals surface area contributed by atoms with E-state index in [0.717, 1.165) is 46.6 Å². The summed E-state index contributed by atoms with van der Waals surface area (Å²) in [6, 6.07) is 11.9. The molecule has 2 aliphatic heterocycles. The summed E-state index contributed by atoms with van der Waals surface area (Å²) in [6.07, 6.45) is 0. The van der Waals surface area contributed by atoms with Gasteiger partial charge < -0.3 is 10.1 Å². The van der Waals surface area contributed by atoms with Gasteiger partial charge in [0.15, 0.2) is 0 Å². The first-order valence-corrected chi connectivity index (χ1v) is 11.2. The lowest BCUT2D eigenvalue weighted by Gasteiger charge is -2.28. The molecule has 0 aliphatic carbocycles. The van der Waals surface area contributed by atoms with Gasteiger partial charge in [-0.15, -0.1) is 0 Å². The molecule has 2 aromatic carbocycles. The maximum absolute atomic E-state index is 13.5. The van der Waals surface area contributed by atoms with Gasteiger partial charge in [0.25, 0.3) is 11.8 Å². The Morgan fingerprint density at radius 3 is 2.34 bits per heavy atom. The smallest absolute Gasteiger partial charge is 0.278 e. The first-order valence-electron chi connectivity index (χ1n) is 11.2. The summed E-state index contributed by atoms with van der Waals surface area (Å²) in [5.41, 5.74) is 6.85. The second-order valence-electron chi connectivity index (χ2n) is 8.64. The van der Waals surface area contributed by atoms with Crippen molar-refractivity contribution in [1.29, 1.82) is 0 Å². The quantitative estimate of drug-likeness (QED) is 0.707. The van der Waals surface area contributed by atoms with E-state index in [2.05, 4.69) is 10.2 Å². The lowest BCUT2D eigenvalue weighted by Crippen LogP contribution is -2.43. The number of nitrogens with zero attached hydrogens (tertiary/aromatic N) is 2. The summed E-state index contributed by atoms with van der Waals surface area (Å²) in [5, 5.41) is 3.31. The third-order valence-electron chi connectivity index (χ3n) is 6.57. The molecule has 0 aromatic heterocycles. The first kappa shape index (κ1) is 22.2. The highest BCUT2D eigenvalue weighted by Crippen LogP contribution is 2.32. The zero-order valence-corrected chi connectivity index (χ0v) is 19.3. The van der Waals surface area contributed by atoms with Crippen molar-refractivity contribution in [3.05, 3.63) is 69.9 Å². The molecule has 1 fully saturated rings. The number of benzene rings is 2. The van der Waals surface area contributed by atoms with Crippen molar-refractivity contribution in [2.75, 3.05) is 44.7 Å². The van der Waals surface area contributed by atoms with E-state index in [1.165, 1.54) is 4.90 Å². The van der Waals surface area contributed by atoms with E-state index in [1.807, 2.05) is 64.1 Å². The molecule has 168 valence electrons. The average molecular weight is 434 g/mol. The van der Waals surface area contributed by atoms with Gasteiger partial charge >= 0.3 is 0 Å². The van der Waals surface area contributed by atoms with Crippen LogP contribution in [0.2, 0.25) is 0 Å². The minimum atomic E-state index is -0.266. The second-order valence-corrected chi connectivity index (χ2v) is 8.64. The fourth-order valence-electron chi connectivity index (χ4n) is 4.15. The summed E-state index contributed by atoms with van der Waals surface area (Å²) < 4.78 is 5.41. The Labute approximate surface area is 189 Å². The molecule has 2 aromatic rings. The molecule has 32 heavy (non-hydrogen) atoms. The van der Waals surface area contributed by atoms with Crippen LogP contribution in [0.25, 0.3) is 5.57 Å². The van der Waals surface area contributed by atoms with Crippen LogP contribution < -0.4 is 5.32 Å². The van der Waals surface area contributed by atoms with Gasteiger partial charge in [0.2, 0.25) is 0 Å². The predicted molar refractivity (Wildman–Crippen MR) is 126 cm³/mol. The first-order chi connectivity index (χ1) is 15.4. The molecule has 1 saturated heterocycles. The van der Waals surface area contributed by atoms with Gasteiger partial charge in [0.05, 0.1) is 18.8 Å². The summed E-state index contributed by atoms with van der Waals surface area (Å²) in [6.45, 7) is 12.2. The SMILES string of the molecule is Cc1ccc(C2=C(Nc3cccc(C)c3C)C(=O)N(CCN3CCOCC3)C2=O)cc1C. The maximum Gasteiger partial charge on any atom is 0.278 e. The van der Waals surface area contributed by atoms with Crippen LogP contribution >= 0.6 is 0 Å². The van der Waals surface area contributed by atoms with Gasteiger partial charge in [-0.2, -0.15) is 0 Å². The van der Waals surface area contributed by atoms with Gasteiger partial charge in [0, 0.05) is 31.9 Å². The molecular formula is C26H31N3O3. The van der Waals surface area contributed by atoms with Crippen molar-refractivity contribution in [2.24, 2.45) is 0 Å². The fourth-order valence-corrected chi connectivity index (χ4v) is 4.15. The number of carbonyl (C=O) groups is 2. The number of hydrogen-bond donors (Lipinski definition) is 1. The Balaban J connectivity index is 1.68. The van der Waals surface area contributed by atoms with Crippen LogP contribution in [0.1, 0.15) is 27.8 Å². The van der Waals surface area contributed by atoms with E-state index >= 15 is 0 Å². The second kappa shape index (κ2) is 9.27. The van der Waals surface area contributed by atoms with E-state index in [0.29, 0.717) is 37.6 Å². The third kappa shape index (κ3) is 4.33. The molecule has 0 spiro atoms. The number of carbonyl (C=O) groups excluding carboxylic acids is 2. The summed E-state index contributed by atoms with van der Waals surface area (Å²) in [5.74, 6) is -0.503. The van der Waals surface area contributed by atoms with Crippen molar-refractivity contribution in [1.82, 2.24) is 9.80 Å². The Kier molecular flexibility index (Phi) is 6.44. The predicted octanol–water partition coefficient (Wildman–Crippen LogP) is 3.44. The number of amides is 2. The molecule has 0 atom stereocenters. The lowest BCUT2D eigenvalue weighted by molar-refractivity contribution is -0.137. The Morgan fingerprint density at radius 2 is 1.62 bits per heavy atom. The van der Waals surface area contributed by atoms with Crippen LogP contribution in [0.3, 0.4) is 0 Å². The van der Waals surface area contributed by atoms with E-state index in [1.54, 1.807) is 0 Å². The number of nitrogens with one attached hydrogen (secondary N) is 1. The third-order valence-corrected chi connectivity index (χ3v) is 6.57. The van der Waals surface area contributed by atoms with E-state index < -0.39 is 0 Å². The number of morpholine rings is 1. The van der Waals surface area contributed by atoms with Crippen LogP contribution in [0, 0.1) is 27.7 Å². The molecule has 6 nitrogen and oxygen atoms in total. The number of aryl methyl sites for hydroxylation is 3. The number of ether oxygens (including phenoxy) is 1. The van der Waals surface area contributed by atoms with Crippen LogP contribution in [0.15, 0.2) is 42.1 Å². The molecule has 6 heteroatoms. The molecule has 2 heterocycles. The van der Waals surface area contributed by atoms with Crippen LogP contribution in [-0.4, -0.2) is 61.0 Å². The molecule has 0 radical (unpaired) electrons. The van der Waals surface area contributed by atoms with Gasteiger partial charge in [-0.3, -0.25) is 19.4 Å². The minimum absolute atomic E-state index is 0.237. The Morgan fingerprint density at radius 1 is 0.875 bits per heavy atom. The summed E-state index contributed by atoms with van der Waals surface area (Å²) in [7, 11) is 0. The fraction of sp³-hybridized carbons (Fsp3) is 0.385. The molecule has 2 amide bonds. The topological polar surface area (TPSA) is 61.9 Å². The molecule has 0 bridgehead atoms. The van der Waals surface area contributed by atoms with Gasteiger partial charge in [-0.25, -0.2) is 0 Å². The minimum Gasteiger partial charge on any atom is -0.379 e. The highest BCUT2D eigenvalue weighted by Gasteiger charge is 2.39. The molecular weight excluding hydrogens is 402 g/mol. The van der Waals surface area contributed by atoms with E-state index in [4.69, 9.17) is 4.74 Å². The molecule has 1 N–H and O–H groups in total. The van der Waals surface area contributed by atoms with Crippen LogP contribution in [0.5, 0.6) is 0 Å². The molecule has 0 saturated carbocycles. The number of hydrogen-bond acceptors (Lipinski definition) is 5.